The van der Waals surface area contributed by atoms with Gasteiger partial charge in [-0.2, -0.15) is 0 Å². The average Bonchev–Trinajstić information content (AvgIpc) is 2.57. The summed E-state index contributed by atoms with van der Waals surface area (Å²) in [7, 11) is 0. The second-order valence-electron chi connectivity index (χ2n) is 5.71. The Bertz CT molecular complexity index is 203. The minimum Gasteiger partial charge on any atom is -0.314 e. The topological polar surface area (TPSA) is 15.3 Å². The van der Waals surface area contributed by atoms with E-state index in [0.717, 1.165) is 24.2 Å². The summed E-state index contributed by atoms with van der Waals surface area (Å²) < 4.78 is 0. The summed E-state index contributed by atoms with van der Waals surface area (Å²) in [5, 5.41) is 3.72. The molecule has 2 heterocycles. The Balaban J connectivity index is 1.90. The van der Waals surface area contributed by atoms with Crippen molar-refractivity contribution in [3.8, 4) is 0 Å². The van der Waals surface area contributed by atoms with Crippen molar-refractivity contribution in [2.75, 3.05) is 6.54 Å². The number of hydrogen-bond donors (Lipinski definition) is 1. The highest BCUT2D eigenvalue weighted by molar-refractivity contribution is 4.99. The van der Waals surface area contributed by atoms with Gasteiger partial charge in [0.25, 0.3) is 0 Å². The van der Waals surface area contributed by atoms with Crippen LogP contribution < -0.4 is 5.32 Å². The van der Waals surface area contributed by atoms with Crippen LogP contribution in [0.2, 0.25) is 0 Å². The molecule has 2 fully saturated rings. The molecule has 0 spiro atoms. The maximum atomic E-state index is 3.72. The van der Waals surface area contributed by atoms with E-state index in [-0.39, 0.29) is 0 Å². The maximum absolute atomic E-state index is 3.72. The van der Waals surface area contributed by atoms with Crippen LogP contribution >= 0.6 is 0 Å². The van der Waals surface area contributed by atoms with E-state index in [1.165, 1.54) is 45.1 Å². The summed E-state index contributed by atoms with van der Waals surface area (Å²) in [4.78, 5) is 2.82. The second kappa shape index (κ2) is 5.50. The highest BCUT2D eigenvalue weighted by atomic mass is 15.3. The van der Waals surface area contributed by atoms with E-state index in [4.69, 9.17) is 0 Å². The Labute approximate surface area is 101 Å². The lowest BCUT2D eigenvalue weighted by Crippen LogP contribution is -2.52. The molecule has 0 aromatic carbocycles. The van der Waals surface area contributed by atoms with Crippen LogP contribution in [0.4, 0.5) is 0 Å². The monoisotopic (exact) mass is 224 g/mol. The average molecular weight is 224 g/mol. The number of fused-ring (bicyclic) bond motifs is 2. The molecule has 1 N–H and O–H groups in total. The molecule has 2 bridgehead atoms. The molecule has 2 heteroatoms. The Morgan fingerprint density at radius 3 is 2.31 bits per heavy atom. The summed E-state index contributed by atoms with van der Waals surface area (Å²) in [5.41, 5.74) is 0. The van der Waals surface area contributed by atoms with Gasteiger partial charge in [0, 0.05) is 24.2 Å². The molecule has 2 rings (SSSR count). The third-order valence-corrected chi connectivity index (χ3v) is 4.57. The predicted octanol–water partition coefficient (Wildman–Crippen LogP) is 2.78. The third kappa shape index (κ3) is 2.43. The molecule has 0 aliphatic carbocycles. The molecule has 3 atom stereocenters. The molecule has 2 nitrogen and oxygen atoms in total. The van der Waals surface area contributed by atoms with E-state index in [1.807, 2.05) is 0 Å². The van der Waals surface area contributed by atoms with Crippen LogP contribution in [0.3, 0.4) is 0 Å². The summed E-state index contributed by atoms with van der Waals surface area (Å²) >= 11 is 0. The minimum atomic E-state index is 0.796. The van der Waals surface area contributed by atoms with Crippen molar-refractivity contribution < 1.29 is 0 Å². The number of hydrogen-bond acceptors (Lipinski definition) is 2. The van der Waals surface area contributed by atoms with Crippen LogP contribution in [-0.4, -0.2) is 35.6 Å². The number of rotatable bonds is 5. The van der Waals surface area contributed by atoms with Crippen molar-refractivity contribution in [3.05, 3.63) is 0 Å². The van der Waals surface area contributed by atoms with Crippen molar-refractivity contribution in [3.63, 3.8) is 0 Å². The predicted molar refractivity (Wildman–Crippen MR) is 69.7 cm³/mol. The molecule has 2 aliphatic heterocycles. The highest BCUT2D eigenvalue weighted by Gasteiger charge is 2.41. The van der Waals surface area contributed by atoms with Gasteiger partial charge in [-0.1, -0.05) is 13.8 Å². The van der Waals surface area contributed by atoms with Crippen LogP contribution in [0, 0.1) is 0 Å². The minimum absolute atomic E-state index is 0.796. The van der Waals surface area contributed by atoms with Crippen molar-refractivity contribution in [1.82, 2.24) is 10.2 Å². The van der Waals surface area contributed by atoms with Crippen LogP contribution in [-0.2, 0) is 0 Å². The number of nitrogens with zero attached hydrogens (tertiary/aromatic N) is 1. The van der Waals surface area contributed by atoms with E-state index in [1.54, 1.807) is 0 Å². The fourth-order valence-corrected chi connectivity index (χ4v) is 3.66. The zero-order valence-corrected chi connectivity index (χ0v) is 11.2. The summed E-state index contributed by atoms with van der Waals surface area (Å²) in [6.07, 6.45) is 8.24. The Morgan fingerprint density at radius 1 is 1.19 bits per heavy atom. The van der Waals surface area contributed by atoms with Crippen molar-refractivity contribution in [1.29, 1.82) is 0 Å². The van der Waals surface area contributed by atoms with Crippen molar-refractivity contribution in [2.24, 2.45) is 0 Å². The van der Waals surface area contributed by atoms with Crippen LogP contribution in [0.5, 0.6) is 0 Å². The molecule has 0 radical (unpaired) electrons. The van der Waals surface area contributed by atoms with Crippen molar-refractivity contribution >= 4 is 0 Å². The fourth-order valence-electron chi connectivity index (χ4n) is 3.66. The first-order valence-corrected chi connectivity index (χ1v) is 7.27. The second-order valence-corrected chi connectivity index (χ2v) is 5.71. The first-order chi connectivity index (χ1) is 7.76. The lowest BCUT2D eigenvalue weighted by Gasteiger charge is -2.42. The molecule has 0 saturated carbocycles. The standard InChI is InChI=1S/C14H28N2/c1-4-8-15-12-9-13-6-7-14(10-12)16(13)11(3)5-2/h11-15H,4-10H2,1-3H3. The molecule has 0 aromatic heterocycles. The van der Waals surface area contributed by atoms with Crippen LogP contribution in [0.25, 0.3) is 0 Å². The molecular formula is C14H28N2. The van der Waals surface area contributed by atoms with E-state index in [2.05, 4.69) is 31.0 Å². The molecule has 0 aromatic rings. The van der Waals surface area contributed by atoms with Crippen LogP contribution in [0.15, 0.2) is 0 Å². The lowest BCUT2D eigenvalue weighted by atomic mass is 9.95. The van der Waals surface area contributed by atoms with Gasteiger partial charge < -0.3 is 5.32 Å². The Kier molecular flexibility index (Phi) is 4.26. The van der Waals surface area contributed by atoms with Gasteiger partial charge in [0.05, 0.1) is 0 Å². The summed E-state index contributed by atoms with van der Waals surface area (Å²) in [6, 6.07) is 3.36. The number of nitrogens with one attached hydrogen (secondary N) is 1. The van der Waals surface area contributed by atoms with E-state index < -0.39 is 0 Å². The van der Waals surface area contributed by atoms with E-state index in [9.17, 15) is 0 Å². The molecule has 0 amide bonds. The fraction of sp³-hybridized carbons (Fsp3) is 1.00. The zero-order chi connectivity index (χ0) is 11.5. The highest BCUT2D eigenvalue weighted by Crippen LogP contribution is 2.37. The van der Waals surface area contributed by atoms with Crippen molar-refractivity contribution in [2.45, 2.75) is 83.5 Å². The van der Waals surface area contributed by atoms with E-state index in [0.29, 0.717) is 0 Å². The first kappa shape index (κ1) is 12.4. The van der Waals surface area contributed by atoms with Gasteiger partial charge in [0.2, 0.25) is 0 Å². The summed E-state index contributed by atoms with van der Waals surface area (Å²) in [5.74, 6) is 0. The van der Waals surface area contributed by atoms with Gasteiger partial charge in [0.15, 0.2) is 0 Å². The van der Waals surface area contributed by atoms with E-state index >= 15 is 0 Å². The third-order valence-electron chi connectivity index (χ3n) is 4.57. The zero-order valence-electron chi connectivity index (χ0n) is 11.2. The first-order valence-electron chi connectivity index (χ1n) is 7.27. The molecule has 94 valence electrons. The lowest BCUT2D eigenvalue weighted by molar-refractivity contribution is 0.0756. The van der Waals surface area contributed by atoms with Gasteiger partial charge in [-0.25, -0.2) is 0 Å². The van der Waals surface area contributed by atoms with Gasteiger partial charge in [-0.05, 0) is 52.0 Å². The van der Waals surface area contributed by atoms with Gasteiger partial charge in [-0.3, -0.25) is 4.90 Å². The molecule has 2 aliphatic rings. The quantitative estimate of drug-likeness (QED) is 0.772. The number of piperidine rings is 1. The Morgan fingerprint density at radius 2 is 1.81 bits per heavy atom. The maximum Gasteiger partial charge on any atom is 0.0116 e. The largest absolute Gasteiger partial charge is 0.314 e. The normalized spacial score (nSPS) is 36.6. The van der Waals surface area contributed by atoms with Gasteiger partial charge >= 0.3 is 0 Å². The SMILES string of the molecule is CCCNC1CC2CCC(C1)N2C(C)CC. The van der Waals surface area contributed by atoms with Gasteiger partial charge in [-0.15, -0.1) is 0 Å². The smallest absolute Gasteiger partial charge is 0.0116 e. The molecular weight excluding hydrogens is 196 g/mol. The molecule has 16 heavy (non-hydrogen) atoms. The Hall–Kier alpha value is -0.0800. The molecule has 3 unspecified atom stereocenters. The summed E-state index contributed by atoms with van der Waals surface area (Å²) in [6.45, 7) is 8.19. The van der Waals surface area contributed by atoms with Gasteiger partial charge in [0.1, 0.15) is 0 Å². The van der Waals surface area contributed by atoms with Crippen LogP contribution in [0.1, 0.15) is 59.3 Å². The molecule has 2 saturated heterocycles.